The van der Waals surface area contributed by atoms with E-state index in [1.54, 1.807) is 7.11 Å². The molecule has 0 fully saturated rings. The van der Waals surface area contributed by atoms with Crippen LogP contribution in [0.5, 0.6) is 5.75 Å². The van der Waals surface area contributed by atoms with E-state index in [9.17, 15) is 0 Å². The molecule has 2 aromatic rings. The molecule has 0 bridgehead atoms. The number of hydrogen-bond donors (Lipinski definition) is 1. The van der Waals surface area contributed by atoms with Crippen LogP contribution in [0.15, 0.2) is 42.5 Å². The Morgan fingerprint density at radius 3 is 2.45 bits per heavy atom. The Balaban J connectivity index is 2.18. The van der Waals surface area contributed by atoms with E-state index in [0.29, 0.717) is 5.56 Å². The van der Waals surface area contributed by atoms with Gasteiger partial charge in [0, 0.05) is 11.7 Å². The fraction of sp³-hybridized carbons (Fsp3) is 0.235. The highest BCUT2D eigenvalue weighted by molar-refractivity contribution is 5.56. The highest BCUT2D eigenvalue weighted by Gasteiger charge is 2.08. The average molecular weight is 266 g/mol. The topological polar surface area (TPSA) is 45.0 Å². The summed E-state index contributed by atoms with van der Waals surface area (Å²) in [7, 11) is 1.66. The molecule has 0 heterocycles. The van der Waals surface area contributed by atoms with Gasteiger partial charge >= 0.3 is 0 Å². The summed E-state index contributed by atoms with van der Waals surface area (Å²) in [6.45, 7) is 4.13. The van der Waals surface area contributed by atoms with E-state index in [1.807, 2.05) is 49.4 Å². The van der Waals surface area contributed by atoms with E-state index in [4.69, 9.17) is 10.00 Å². The van der Waals surface area contributed by atoms with Crippen molar-refractivity contribution in [2.24, 2.45) is 0 Å². The molecule has 0 aromatic heterocycles. The lowest BCUT2D eigenvalue weighted by Gasteiger charge is -2.18. The number of nitrogens with zero attached hydrogens (tertiary/aromatic N) is 1. The first-order valence-electron chi connectivity index (χ1n) is 6.55. The summed E-state index contributed by atoms with van der Waals surface area (Å²) in [4.78, 5) is 0. The Morgan fingerprint density at radius 1 is 1.15 bits per heavy atom. The molecule has 0 aliphatic heterocycles. The molecule has 2 rings (SSSR count). The smallest absolute Gasteiger partial charge is 0.118 e. The number of benzene rings is 2. The van der Waals surface area contributed by atoms with Crippen LogP contribution in [0.3, 0.4) is 0 Å². The number of rotatable bonds is 4. The van der Waals surface area contributed by atoms with Crippen molar-refractivity contribution < 1.29 is 4.74 Å². The molecular formula is C17H18N2O. The Bertz CT molecular complexity index is 626. The Morgan fingerprint density at radius 2 is 1.85 bits per heavy atom. The molecule has 3 heteroatoms. The zero-order valence-electron chi connectivity index (χ0n) is 12.0. The molecule has 0 radical (unpaired) electrons. The van der Waals surface area contributed by atoms with Crippen LogP contribution >= 0.6 is 0 Å². The minimum Gasteiger partial charge on any atom is -0.497 e. The third-order valence-electron chi connectivity index (χ3n) is 3.35. The second-order valence-electron chi connectivity index (χ2n) is 4.78. The quantitative estimate of drug-likeness (QED) is 0.908. The second kappa shape index (κ2) is 6.12. The second-order valence-corrected chi connectivity index (χ2v) is 4.78. The minimum absolute atomic E-state index is 0.161. The molecule has 0 amide bonds. The maximum atomic E-state index is 8.97. The Labute approximate surface area is 119 Å². The van der Waals surface area contributed by atoms with Gasteiger partial charge in [-0.15, -0.1) is 0 Å². The van der Waals surface area contributed by atoms with Gasteiger partial charge in [-0.3, -0.25) is 0 Å². The van der Waals surface area contributed by atoms with Crippen LogP contribution in [0.4, 0.5) is 5.69 Å². The molecule has 1 unspecified atom stereocenters. The van der Waals surface area contributed by atoms with E-state index >= 15 is 0 Å². The van der Waals surface area contributed by atoms with Crippen molar-refractivity contribution in [3.8, 4) is 11.8 Å². The largest absolute Gasteiger partial charge is 0.497 e. The van der Waals surface area contributed by atoms with Crippen LogP contribution < -0.4 is 10.1 Å². The fourth-order valence-electron chi connectivity index (χ4n) is 2.06. The standard InChI is InChI=1S/C17H18N2O/c1-12-4-5-14(11-18)10-17(12)19-13(2)15-6-8-16(20-3)9-7-15/h4-10,13,19H,1-3H3. The van der Waals surface area contributed by atoms with Gasteiger partial charge in [0.1, 0.15) is 5.75 Å². The number of hydrogen-bond acceptors (Lipinski definition) is 3. The third-order valence-corrected chi connectivity index (χ3v) is 3.35. The average Bonchev–Trinajstić information content (AvgIpc) is 2.49. The van der Waals surface area contributed by atoms with Gasteiger partial charge in [0.05, 0.1) is 18.7 Å². The Kier molecular flexibility index (Phi) is 4.27. The van der Waals surface area contributed by atoms with Crippen molar-refractivity contribution in [2.75, 3.05) is 12.4 Å². The maximum Gasteiger partial charge on any atom is 0.118 e. The van der Waals surface area contributed by atoms with Crippen molar-refractivity contribution in [3.05, 3.63) is 59.2 Å². The summed E-state index contributed by atoms with van der Waals surface area (Å²) >= 11 is 0. The third kappa shape index (κ3) is 3.10. The van der Waals surface area contributed by atoms with Crippen molar-refractivity contribution in [2.45, 2.75) is 19.9 Å². The fourth-order valence-corrected chi connectivity index (χ4v) is 2.06. The van der Waals surface area contributed by atoms with Crippen molar-refractivity contribution in [3.63, 3.8) is 0 Å². The monoisotopic (exact) mass is 266 g/mol. The van der Waals surface area contributed by atoms with E-state index in [0.717, 1.165) is 17.0 Å². The van der Waals surface area contributed by atoms with Gasteiger partial charge in [-0.05, 0) is 49.2 Å². The molecule has 0 aliphatic rings. The normalized spacial score (nSPS) is 11.5. The van der Waals surface area contributed by atoms with Gasteiger partial charge in [-0.1, -0.05) is 18.2 Å². The van der Waals surface area contributed by atoms with Crippen molar-refractivity contribution in [1.29, 1.82) is 5.26 Å². The molecule has 102 valence electrons. The predicted octanol–water partition coefficient (Wildman–Crippen LogP) is 4.05. The molecule has 1 atom stereocenters. The van der Waals surface area contributed by atoms with Gasteiger partial charge in [0.25, 0.3) is 0 Å². The van der Waals surface area contributed by atoms with Gasteiger partial charge in [0.2, 0.25) is 0 Å². The van der Waals surface area contributed by atoms with Gasteiger partial charge < -0.3 is 10.1 Å². The first-order chi connectivity index (χ1) is 9.63. The van der Waals surface area contributed by atoms with Gasteiger partial charge in [0.15, 0.2) is 0 Å². The number of aryl methyl sites for hydroxylation is 1. The molecule has 0 saturated heterocycles. The van der Waals surface area contributed by atoms with Crippen molar-refractivity contribution >= 4 is 5.69 Å². The highest BCUT2D eigenvalue weighted by Crippen LogP contribution is 2.24. The molecule has 3 nitrogen and oxygen atoms in total. The summed E-state index contributed by atoms with van der Waals surface area (Å²) in [5, 5.41) is 12.4. The molecule has 2 aromatic carbocycles. The summed E-state index contributed by atoms with van der Waals surface area (Å²) < 4.78 is 5.16. The molecule has 0 aliphatic carbocycles. The highest BCUT2D eigenvalue weighted by atomic mass is 16.5. The number of nitriles is 1. The first-order valence-corrected chi connectivity index (χ1v) is 6.55. The SMILES string of the molecule is COc1ccc(C(C)Nc2cc(C#N)ccc2C)cc1. The van der Waals surface area contributed by atoms with E-state index < -0.39 is 0 Å². The van der Waals surface area contributed by atoms with Crippen LogP contribution in [0.1, 0.15) is 29.7 Å². The number of ether oxygens (including phenoxy) is 1. The molecule has 0 saturated carbocycles. The zero-order valence-corrected chi connectivity index (χ0v) is 12.0. The van der Waals surface area contributed by atoms with Gasteiger partial charge in [-0.2, -0.15) is 5.26 Å². The molecule has 1 N–H and O–H groups in total. The van der Waals surface area contributed by atoms with Crippen LogP contribution in [0.25, 0.3) is 0 Å². The first kappa shape index (κ1) is 14.0. The molecular weight excluding hydrogens is 248 g/mol. The summed E-state index contributed by atoms with van der Waals surface area (Å²) in [5.41, 5.74) is 3.96. The van der Waals surface area contributed by atoms with Crippen LogP contribution in [0, 0.1) is 18.3 Å². The number of nitrogens with one attached hydrogen (secondary N) is 1. The van der Waals surface area contributed by atoms with E-state index in [1.165, 1.54) is 5.56 Å². The van der Waals surface area contributed by atoms with Gasteiger partial charge in [-0.25, -0.2) is 0 Å². The summed E-state index contributed by atoms with van der Waals surface area (Å²) in [5.74, 6) is 0.851. The lowest BCUT2D eigenvalue weighted by Crippen LogP contribution is -2.07. The molecule has 0 spiro atoms. The minimum atomic E-state index is 0.161. The lowest BCUT2D eigenvalue weighted by molar-refractivity contribution is 0.414. The van der Waals surface area contributed by atoms with E-state index in [-0.39, 0.29) is 6.04 Å². The zero-order chi connectivity index (χ0) is 14.5. The lowest BCUT2D eigenvalue weighted by atomic mass is 10.1. The maximum absolute atomic E-state index is 8.97. The van der Waals surface area contributed by atoms with Crippen LogP contribution in [0.2, 0.25) is 0 Å². The van der Waals surface area contributed by atoms with Crippen LogP contribution in [-0.4, -0.2) is 7.11 Å². The Hall–Kier alpha value is -2.47. The van der Waals surface area contributed by atoms with E-state index in [2.05, 4.69) is 18.3 Å². The number of anilines is 1. The van der Waals surface area contributed by atoms with Crippen molar-refractivity contribution in [1.82, 2.24) is 0 Å². The number of methoxy groups -OCH3 is 1. The molecule has 20 heavy (non-hydrogen) atoms. The summed E-state index contributed by atoms with van der Waals surface area (Å²) in [6.07, 6.45) is 0. The van der Waals surface area contributed by atoms with Crippen LogP contribution in [-0.2, 0) is 0 Å². The summed E-state index contributed by atoms with van der Waals surface area (Å²) in [6, 6.07) is 16.0. The predicted molar refractivity (Wildman–Crippen MR) is 80.9 cm³/mol.